The highest BCUT2D eigenvalue weighted by molar-refractivity contribution is 7.16. The van der Waals surface area contributed by atoms with Crippen molar-refractivity contribution in [2.24, 2.45) is 0 Å². The molecule has 0 spiro atoms. The molecule has 0 radical (unpaired) electrons. The molecule has 2 aliphatic heterocycles. The molecule has 1 aromatic heterocycles. The van der Waals surface area contributed by atoms with Crippen molar-refractivity contribution in [2.45, 2.75) is 25.0 Å². The van der Waals surface area contributed by atoms with Gasteiger partial charge in [-0.05, 0) is 25.0 Å². The van der Waals surface area contributed by atoms with E-state index in [4.69, 9.17) is 9.47 Å². The number of carbonyl (C=O) groups is 1. The maximum atomic E-state index is 12.2. The van der Waals surface area contributed by atoms with E-state index in [0.29, 0.717) is 19.7 Å². The summed E-state index contributed by atoms with van der Waals surface area (Å²) in [6.07, 6.45) is 2.04. The Labute approximate surface area is 138 Å². The van der Waals surface area contributed by atoms with E-state index in [1.54, 1.807) is 16.2 Å². The normalized spacial score (nSPS) is 21.9. The number of hydrogen-bond donors (Lipinski definition) is 1. The minimum atomic E-state index is -0.0211. The van der Waals surface area contributed by atoms with Crippen LogP contribution in [0, 0.1) is 0 Å². The van der Waals surface area contributed by atoms with Crippen molar-refractivity contribution in [3.05, 3.63) is 23.7 Å². The lowest BCUT2D eigenvalue weighted by molar-refractivity contribution is 0.0365. The van der Waals surface area contributed by atoms with Crippen LogP contribution in [0.3, 0.4) is 0 Å². The van der Waals surface area contributed by atoms with Crippen molar-refractivity contribution in [1.82, 2.24) is 15.2 Å². The molecule has 122 valence electrons. The van der Waals surface area contributed by atoms with Gasteiger partial charge in [0.05, 0.1) is 35.9 Å². The first-order valence-corrected chi connectivity index (χ1v) is 8.79. The molecule has 2 aromatic rings. The second-order valence-corrected chi connectivity index (χ2v) is 6.85. The third kappa shape index (κ3) is 3.11. The lowest BCUT2D eigenvalue weighted by Crippen LogP contribution is -2.60. The lowest BCUT2D eigenvalue weighted by atomic mass is 10.1. The SMILES string of the molecule is O=C(NC1CCCOC1)N1CC(Oc2cccc3scnc23)C1. The predicted octanol–water partition coefficient (Wildman–Crippen LogP) is 2.25. The fraction of sp³-hybridized carbons (Fsp3) is 0.500. The molecule has 4 rings (SSSR count). The quantitative estimate of drug-likeness (QED) is 0.936. The molecule has 2 amide bonds. The second-order valence-electron chi connectivity index (χ2n) is 5.96. The Morgan fingerprint density at radius 3 is 3.17 bits per heavy atom. The summed E-state index contributed by atoms with van der Waals surface area (Å²) in [6.45, 7) is 2.64. The topological polar surface area (TPSA) is 63.7 Å². The Morgan fingerprint density at radius 2 is 2.35 bits per heavy atom. The Balaban J connectivity index is 1.29. The monoisotopic (exact) mass is 333 g/mol. The Kier molecular flexibility index (Phi) is 4.05. The largest absolute Gasteiger partial charge is 0.484 e. The van der Waals surface area contributed by atoms with Crippen LogP contribution in [0.25, 0.3) is 10.2 Å². The van der Waals surface area contributed by atoms with Gasteiger partial charge in [-0.3, -0.25) is 0 Å². The summed E-state index contributed by atoms with van der Waals surface area (Å²) < 4.78 is 12.5. The van der Waals surface area contributed by atoms with Gasteiger partial charge < -0.3 is 19.7 Å². The molecule has 0 saturated carbocycles. The summed E-state index contributed by atoms with van der Waals surface area (Å²) >= 11 is 1.60. The highest BCUT2D eigenvalue weighted by Gasteiger charge is 2.33. The molecule has 2 aliphatic rings. The number of fused-ring (bicyclic) bond motifs is 1. The van der Waals surface area contributed by atoms with Crippen LogP contribution in [0.4, 0.5) is 4.79 Å². The zero-order valence-electron chi connectivity index (χ0n) is 12.7. The van der Waals surface area contributed by atoms with Gasteiger partial charge in [0.2, 0.25) is 0 Å². The van der Waals surface area contributed by atoms with E-state index in [-0.39, 0.29) is 18.2 Å². The van der Waals surface area contributed by atoms with Crippen molar-refractivity contribution in [3.63, 3.8) is 0 Å². The van der Waals surface area contributed by atoms with Crippen molar-refractivity contribution >= 4 is 27.6 Å². The first kappa shape index (κ1) is 14.7. The van der Waals surface area contributed by atoms with Crippen LogP contribution < -0.4 is 10.1 Å². The predicted molar refractivity (Wildman–Crippen MR) is 88.0 cm³/mol. The number of nitrogens with one attached hydrogen (secondary N) is 1. The average Bonchev–Trinajstić information content (AvgIpc) is 3.00. The molecule has 1 aromatic carbocycles. The van der Waals surface area contributed by atoms with E-state index in [9.17, 15) is 4.79 Å². The van der Waals surface area contributed by atoms with E-state index in [0.717, 1.165) is 35.4 Å². The van der Waals surface area contributed by atoms with E-state index >= 15 is 0 Å². The van der Waals surface area contributed by atoms with Gasteiger partial charge in [-0.15, -0.1) is 11.3 Å². The molecule has 0 aliphatic carbocycles. The number of hydrogen-bond acceptors (Lipinski definition) is 5. The number of carbonyl (C=O) groups excluding carboxylic acids is 1. The van der Waals surface area contributed by atoms with Crippen LogP contribution in [0.15, 0.2) is 23.7 Å². The Morgan fingerprint density at radius 1 is 1.43 bits per heavy atom. The molecule has 3 heterocycles. The van der Waals surface area contributed by atoms with Gasteiger partial charge in [0.1, 0.15) is 17.4 Å². The van der Waals surface area contributed by atoms with Gasteiger partial charge in [0, 0.05) is 6.61 Å². The summed E-state index contributed by atoms with van der Waals surface area (Å²) in [6, 6.07) is 6.06. The molecule has 2 saturated heterocycles. The molecule has 23 heavy (non-hydrogen) atoms. The van der Waals surface area contributed by atoms with Crippen LogP contribution in [-0.2, 0) is 4.74 Å². The fourth-order valence-corrected chi connectivity index (χ4v) is 3.63. The highest BCUT2D eigenvalue weighted by Crippen LogP contribution is 2.29. The van der Waals surface area contributed by atoms with E-state index < -0.39 is 0 Å². The number of amides is 2. The Bertz CT molecular complexity index is 693. The number of rotatable bonds is 3. The molecule has 1 N–H and O–H groups in total. The number of urea groups is 1. The first-order valence-electron chi connectivity index (χ1n) is 7.91. The zero-order valence-corrected chi connectivity index (χ0v) is 13.6. The summed E-state index contributed by atoms with van der Waals surface area (Å²) in [7, 11) is 0. The van der Waals surface area contributed by atoms with Gasteiger partial charge in [0.25, 0.3) is 0 Å². The van der Waals surface area contributed by atoms with Gasteiger partial charge in [-0.1, -0.05) is 6.07 Å². The van der Waals surface area contributed by atoms with Crippen LogP contribution in [0.1, 0.15) is 12.8 Å². The van der Waals surface area contributed by atoms with Crippen LogP contribution in [0.2, 0.25) is 0 Å². The van der Waals surface area contributed by atoms with Crippen LogP contribution in [-0.4, -0.2) is 54.4 Å². The first-order chi connectivity index (χ1) is 11.3. The molecular weight excluding hydrogens is 314 g/mol. The minimum absolute atomic E-state index is 0.0211. The average molecular weight is 333 g/mol. The maximum absolute atomic E-state index is 12.2. The number of aromatic nitrogens is 1. The zero-order chi connectivity index (χ0) is 15.6. The minimum Gasteiger partial charge on any atom is -0.484 e. The van der Waals surface area contributed by atoms with Crippen molar-refractivity contribution in [3.8, 4) is 5.75 Å². The molecule has 2 fully saturated rings. The maximum Gasteiger partial charge on any atom is 0.317 e. The van der Waals surface area contributed by atoms with E-state index in [1.807, 2.05) is 23.7 Å². The lowest BCUT2D eigenvalue weighted by Gasteiger charge is -2.39. The molecular formula is C16H19N3O3S. The molecule has 1 unspecified atom stereocenters. The third-order valence-electron chi connectivity index (χ3n) is 4.24. The second kappa shape index (κ2) is 6.33. The Hall–Kier alpha value is -1.86. The van der Waals surface area contributed by atoms with E-state index in [2.05, 4.69) is 10.3 Å². The molecule has 1 atom stereocenters. The van der Waals surface area contributed by atoms with Crippen molar-refractivity contribution < 1.29 is 14.3 Å². The smallest absolute Gasteiger partial charge is 0.317 e. The number of likely N-dealkylation sites (tertiary alicyclic amines) is 1. The van der Waals surface area contributed by atoms with Gasteiger partial charge in [0.15, 0.2) is 0 Å². The summed E-state index contributed by atoms with van der Waals surface area (Å²) in [5, 5.41) is 3.03. The number of benzene rings is 1. The van der Waals surface area contributed by atoms with Crippen LogP contribution >= 0.6 is 11.3 Å². The summed E-state index contributed by atoms with van der Waals surface area (Å²) in [5.74, 6) is 0.800. The van der Waals surface area contributed by atoms with E-state index in [1.165, 1.54) is 0 Å². The summed E-state index contributed by atoms with van der Waals surface area (Å²) in [5.41, 5.74) is 2.73. The van der Waals surface area contributed by atoms with Crippen LogP contribution in [0.5, 0.6) is 5.75 Å². The van der Waals surface area contributed by atoms with Gasteiger partial charge in [-0.2, -0.15) is 0 Å². The molecule has 7 heteroatoms. The van der Waals surface area contributed by atoms with Crippen molar-refractivity contribution in [2.75, 3.05) is 26.3 Å². The molecule has 0 bridgehead atoms. The third-order valence-corrected chi connectivity index (χ3v) is 5.03. The van der Waals surface area contributed by atoms with Crippen molar-refractivity contribution in [1.29, 1.82) is 0 Å². The number of nitrogens with zero attached hydrogens (tertiary/aromatic N) is 2. The standard InChI is InChI=1S/C16H19N3O3S/c20-16(18-11-3-2-6-21-9-11)19-7-12(8-19)22-13-4-1-5-14-15(13)17-10-23-14/h1,4-5,10-12H,2-3,6-9H2,(H,18,20). The highest BCUT2D eigenvalue weighted by atomic mass is 32.1. The number of thiazole rings is 1. The fourth-order valence-electron chi connectivity index (χ4n) is 2.93. The van der Waals surface area contributed by atoms with Gasteiger partial charge in [-0.25, -0.2) is 9.78 Å². The molecule has 6 nitrogen and oxygen atoms in total. The number of ether oxygens (including phenoxy) is 2. The van der Waals surface area contributed by atoms with Gasteiger partial charge >= 0.3 is 6.03 Å². The summed E-state index contributed by atoms with van der Waals surface area (Å²) in [4.78, 5) is 18.3. The number of para-hydroxylation sites is 1.